The molecule has 3 aromatic rings. The molecule has 5 rings (SSSR count). The Morgan fingerprint density at radius 3 is 2.60 bits per heavy atom. The van der Waals surface area contributed by atoms with Gasteiger partial charge in [0.25, 0.3) is 0 Å². The first kappa shape index (κ1) is 38.1. The van der Waals surface area contributed by atoms with E-state index >= 15 is 0 Å². The van der Waals surface area contributed by atoms with Crippen LogP contribution in [0.1, 0.15) is 104 Å². The highest BCUT2D eigenvalue weighted by Crippen LogP contribution is 2.39. The fraction of sp³-hybridized carbons (Fsp3) is 0.349. The summed E-state index contributed by atoms with van der Waals surface area (Å²) in [5.74, 6) is 6.22. The predicted octanol–water partition coefficient (Wildman–Crippen LogP) is 5.88. The summed E-state index contributed by atoms with van der Waals surface area (Å²) in [6.07, 6.45) is 12.3. The first-order chi connectivity index (χ1) is 25.1. The zero-order chi connectivity index (χ0) is 37.0. The number of aliphatic hydroxyl groups excluding tert-OH is 1. The molecule has 1 heterocycles. The van der Waals surface area contributed by atoms with E-state index in [1.807, 2.05) is 36.4 Å². The minimum Gasteiger partial charge on any atom is -0.875 e. The molecule has 0 saturated heterocycles. The number of hydrogen-bond acceptors (Lipinski definition) is 9. The van der Waals surface area contributed by atoms with E-state index in [-0.39, 0.29) is 42.2 Å². The van der Waals surface area contributed by atoms with Crippen LogP contribution >= 0.6 is 0 Å². The van der Waals surface area contributed by atoms with Crippen LogP contribution in [0.5, 0.6) is 17.2 Å². The monoisotopic (exact) mass is 702 g/mol. The number of aliphatic hydroxyl groups is 1. The molecule has 9 heteroatoms. The highest BCUT2D eigenvalue weighted by Gasteiger charge is 2.24. The topological polar surface area (TPSA) is 174 Å². The summed E-state index contributed by atoms with van der Waals surface area (Å²) < 4.78 is 6.01. The van der Waals surface area contributed by atoms with E-state index in [0.29, 0.717) is 59.4 Å². The number of nitrogens with zero attached hydrogens (tertiary/aromatic N) is 1. The number of carbonyl (C=O) groups is 1. The Labute approximate surface area is 306 Å². The first-order valence-corrected chi connectivity index (χ1v) is 18.0. The maximum atomic E-state index is 13.6. The molecule has 272 valence electrons. The van der Waals surface area contributed by atoms with Crippen LogP contribution in [0.25, 0.3) is 0 Å². The number of unbranched alkanes of at least 4 members (excludes halogenated alkanes) is 3. The number of nitrogens with two attached hydrogens (primary N) is 2. The van der Waals surface area contributed by atoms with E-state index in [0.717, 1.165) is 48.8 Å². The van der Waals surface area contributed by atoms with Crippen LogP contribution < -0.4 is 21.3 Å². The van der Waals surface area contributed by atoms with Gasteiger partial charge in [0.2, 0.25) is 0 Å². The molecule has 0 saturated carbocycles. The van der Waals surface area contributed by atoms with Gasteiger partial charge >= 0.3 is 0 Å². The number of ketones is 1. The maximum absolute atomic E-state index is 13.6. The third kappa shape index (κ3) is 10.5. The van der Waals surface area contributed by atoms with Gasteiger partial charge in [0.1, 0.15) is 5.75 Å². The summed E-state index contributed by atoms with van der Waals surface area (Å²) >= 11 is 0. The lowest BCUT2D eigenvalue weighted by atomic mass is 9.82. The molecule has 52 heavy (non-hydrogen) atoms. The Kier molecular flexibility index (Phi) is 13.5. The molecule has 0 radical (unpaired) electrons. The number of aliphatic imine (C=N–C) groups is 1. The van der Waals surface area contributed by atoms with Gasteiger partial charge in [-0.05, 0) is 103 Å². The summed E-state index contributed by atoms with van der Waals surface area (Å²) in [4.78, 5) is 16.8. The molecule has 3 aromatic carbocycles. The molecule has 0 amide bonds. The van der Waals surface area contributed by atoms with Gasteiger partial charge in [-0.2, -0.15) is 0 Å². The minimum absolute atomic E-state index is 0.00707. The number of rotatable bonds is 16. The Morgan fingerprint density at radius 2 is 1.81 bits per heavy atom. The molecular formula is C43H48N3O6-. The number of ether oxygens (including phenoxy) is 1. The Bertz CT molecular complexity index is 1930. The van der Waals surface area contributed by atoms with Crippen molar-refractivity contribution in [3.63, 3.8) is 0 Å². The number of aromatic hydroxyl groups is 2. The Balaban J connectivity index is 1.25. The number of phenols is 2. The zero-order valence-corrected chi connectivity index (χ0v) is 29.7. The van der Waals surface area contributed by atoms with Crippen molar-refractivity contribution in [1.29, 1.82) is 0 Å². The number of carbonyl (C=O) groups excluding carboxylic acids is 1. The predicted molar refractivity (Wildman–Crippen MR) is 202 cm³/mol. The van der Waals surface area contributed by atoms with E-state index in [1.165, 1.54) is 0 Å². The standard InChI is InChI=1S/C43H49N3O6/c1-28(47)8-5-3-2-4-6-10-33(48)16-12-29-14-19-40(50)42(25-29)52-23-21-30-13-18-39(49)37(24-30)36-27-41(51)35-20-22-46-38(35)11-7-9-31-26-32(43(44)45)15-17-34(31)36/h6,10,13-15,17-20,22,24-26,28,36,43,47,49-51H,2-5,8,11-12,16,21,23,27,44-45H2,1H3/p-1/b10-6+,41-35?/t28-,36-/m0/s1. The quantitative estimate of drug-likeness (QED) is 0.0532. The van der Waals surface area contributed by atoms with Crippen molar-refractivity contribution in [3.05, 3.63) is 124 Å². The van der Waals surface area contributed by atoms with Gasteiger partial charge in [0.15, 0.2) is 17.3 Å². The van der Waals surface area contributed by atoms with Gasteiger partial charge in [-0.25, -0.2) is 0 Å². The summed E-state index contributed by atoms with van der Waals surface area (Å²) in [6, 6.07) is 16.0. The van der Waals surface area contributed by atoms with Crippen molar-refractivity contribution >= 4 is 11.5 Å². The SMILES string of the molecule is C[C@H](O)CCCCC/C=C/C(=O)CCc1ccc(O)c(OCCc2ccc(O)c([C@H]3CC([O-])=C4C=CN=C4CC#Cc4cc(C(N)N)ccc43)c2)c1. The lowest BCUT2D eigenvalue weighted by molar-refractivity contribution is -0.307. The second kappa shape index (κ2) is 18.4. The molecule has 0 spiro atoms. The van der Waals surface area contributed by atoms with Crippen LogP contribution in [0, 0.1) is 11.8 Å². The van der Waals surface area contributed by atoms with Crippen molar-refractivity contribution in [2.75, 3.05) is 6.61 Å². The zero-order valence-electron chi connectivity index (χ0n) is 29.7. The molecule has 0 bridgehead atoms. The van der Waals surface area contributed by atoms with Gasteiger partial charge < -0.3 is 36.6 Å². The molecule has 1 aliphatic carbocycles. The van der Waals surface area contributed by atoms with E-state index in [2.05, 4.69) is 16.8 Å². The smallest absolute Gasteiger partial charge is 0.161 e. The summed E-state index contributed by atoms with van der Waals surface area (Å²) in [5.41, 5.74) is 17.6. The number of phenolic OH excluding ortho intramolecular Hbond substituents is 2. The maximum Gasteiger partial charge on any atom is 0.161 e. The normalized spacial score (nSPS) is 15.9. The Morgan fingerprint density at radius 1 is 1.02 bits per heavy atom. The number of allylic oxidation sites excluding steroid dienone is 5. The lowest BCUT2D eigenvalue weighted by Gasteiger charge is -2.27. The number of benzene rings is 3. The average molecular weight is 703 g/mol. The molecule has 0 unspecified atom stereocenters. The number of hydrogen-bond donors (Lipinski definition) is 5. The number of fused-ring (bicyclic) bond motifs is 2. The lowest BCUT2D eigenvalue weighted by Crippen LogP contribution is -2.21. The van der Waals surface area contributed by atoms with Crippen molar-refractivity contribution in [2.24, 2.45) is 16.5 Å². The molecule has 1 aliphatic heterocycles. The molecule has 7 N–H and O–H groups in total. The molecule has 2 aliphatic rings. The summed E-state index contributed by atoms with van der Waals surface area (Å²) in [5, 5.41) is 44.6. The van der Waals surface area contributed by atoms with Crippen LogP contribution in [-0.4, -0.2) is 39.5 Å². The van der Waals surface area contributed by atoms with Crippen molar-refractivity contribution in [1.82, 2.24) is 0 Å². The summed E-state index contributed by atoms with van der Waals surface area (Å²) in [6.45, 7) is 2.04. The highest BCUT2D eigenvalue weighted by atomic mass is 16.5. The third-order valence-electron chi connectivity index (χ3n) is 9.39. The highest BCUT2D eigenvalue weighted by molar-refractivity contribution is 6.06. The second-order valence-electron chi connectivity index (χ2n) is 13.5. The van der Waals surface area contributed by atoms with Gasteiger partial charge in [-0.3, -0.25) is 9.79 Å². The van der Waals surface area contributed by atoms with Crippen molar-refractivity contribution in [3.8, 4) is 29.1 Å². The minimum atomic E-state index is -0.694. The molecule has 2 atom stereocenters. The van der Waals surface area contributed by atoms with E-state index in [1.54, 1.807) is 49.5 Å². The third-order valence-corrected chi connectivity index (χ3v) is 9.39. The second-order valence-corrected chi connectivity index (χ2v) is 13.5. The van der Waals surface area contributed by atoms with E-state index in [9.17, 15) is 25.2 Å². The molecular weight excluding hydrogens is 654 g/mol. The largest absolute Gasteiger partial charge is 0.875 e. The molecule has 0 aromatic heterocycles. The Hall–Kier alpha value is -5.14. The first-order valence-electron chi connectivity index (χ1n) is 18.0. The molecule has 9 nitrogen and oxygen atoms in total. The average Bonchev–Trinajstić information content (AvgIpc) is 3.60. The fourth-order valence-corrected chi connectivity index (χ4v) is 6.45. The fourth-order valence-electron chi connectivity index (χ4n) is 6.45. The van der Waals surface area contributed by atoms with Crippen LogP contribution in [0.4, 0.5) is 0 Å². The van der Waals surface area contributed by atoms with Crippen molar-refractivity contribution in [2.45, 2.75) is 89.3 Å². The van der Waals surface area contributed by atoms with Gasteiger partial charge in [0.05, 0.1) is 31.0 Å². The van der Waals surface area contributed by atoms with Crippen molar-refractivity contribution < 1.29 is 30.0 Å². The van der Waals surface area contributed by atoms with Crippen LogP contribution in [0.2, 0.25) is 0 Å². The summed E-state index contributed by atoms with van der Waals surface area (Å²) in [7, 11) is 0. The van der Waals surface area contributed by atoms with Crippen LogP contribution in [-0.2, 0) is 17.6 Å². The van der Waals surface area contributed by atoms with E-state index < -0.39 is 12.1 Å². The van der Waals surface area contributed by atoms with Gasteiger partial charge in [-0.1, -0.05) is 61.1 Å². The van der Waals surface area contributed by atoms with Crippen LogP contribution in [0.15, 0.2) is 95.3 Å². The van der Waals surface area contributed by atoms with Crippen LogP contribution in [0.3, 0.4) is 0 Å². The molecule has 0 fully saturated rings. The van der Waals surface area contributed by atoms with E-state index in [4.69, 9.17) is 16.2 Å². The number of aryl methyl sites for hydroxylation is 1. The van der Waals surface area contributed by atoms with Gasteiger partial charge in [-0.15, -0.1) is 5.76 Å². The van der Waals surface area contributed by atoms with Gasteiger partial charge in [0, 0.05) is 36.1 Å².